The van der Waals surface area contributed by atoms with Gasteiger partial charge < -0.3 is 34.7 Å². The Morgan fingerprint density at radius 2 is 1.69 bits per heavy atom. The number of ether oxygens (including phenoxy) is 4. The highest BCUT2D eigenvalue weighted by molar-refractivity contribution is 5.88. The molecule has 9 nitrogen and oxygen atoms in total. The summed E-state index contributed by atoms with van der Waals surface area (Å²) in [5.41, 5.74) is 0.825. The molecule has 0 aliphatic heterocycles. The Kier molecular flexibility index (Phi) is 9.29. The van der Waals surface area contributed by atoms with Gasteiger partial charge in [-0.15, -0.1) is 0 Å². The zero-order valence-electron chi connectivity index (χ0n) is 21.8. The molecule has 11 heteroatoms. The fourth-order valence-corrected chi connectivity index (χ4v) is 3.78. The zero-order valence-corrected chi connectivity index (χ0v) is 21.8. The first-order valence-electron chi connectivity index (χ1n) is 12.4. The number of anilines is 1. The number of pyridine rings is 2. The maximum absolute atomic E-state index is 15.1. The molecule has 0 bridgehead atoms. The predicted octanol–water partition coefficient (Wildman–Crippen LogP) is 5.20. The number of aromatic nitrogens is 2. The first-order chi connectivity index (χ1) is 18.9. The second-order valence-corrected chi connectivity index (χ2v) is 8.46. The van der Waals surface area contributed by atoms with Crippen LogP contribution in [0, 0.1) is 11.6 Å². The second-order valence-electron chi connectivity index (χ2n) is 8.46. The van der Waals surface area contributed by atoms with Crippen LogP contribution in [0.1, 0.15) is 25.1 Å². The van der Waals surface area contributed by atoms with Gasteiger partial charge in [0.15, 0.2) is 35.1 Å². The molecule has 0 aliphatic rings. The second kappa shape index (κ2) is 13.0. The Morgan fingerprint density at radius 1 is 0.949 bits per heavy atom. The molecular weight excluding hydrogens is 510 g/mol. The molecule has 1 atom stereocenters. The van der Waals surface area contributed by atoms with E-state index in [9.17, 15) is 5.11 Å². The van der Waals surface area contributed by atoms with E-state index in [1.54, 1.807) is 18.2 Å². The number of likely N-dealkylation sites (N-methyl/N-ethyl adjacent to an activating group) is 1. The van der Waals surface area contributed by atoms with E-state index in [1.165, 1.54) is 31.8 Å². The predicted molar refractivity (Wildman–Crippen MR) is 143 cm³/mol. The third-order valence-corrected chi connectivity index (χ3v) is 5.68. The number of rotatable bonds is 13. The molecule has 2 aromatic heterocycles. The summed E-state index contributed by atoms with van der Waals surface area (Å²) >= 11 is 0. The van der Waals surface area contributed by atoms with Gasteiger partial charge in [-0.1, -0.05) is 6.92 Å². The molecule has 4 aromatic rings. The number of fused-ring (bicyclic) bond motifs is 1. The van der Waals surface area contributed by atoms with Crippen LogP contribution >= 0.6 is 0 Å². The van der Waals surface area contributed by atoms with Crippen LogP contribution in [0.3, 0.4) is 0 Å². The number of hydrogen-bond acceptors (Lipinski definition) is 9. The largest absolute Gasteiger partial charge is 0.493 e. The van der Waals surface area contributed by atoms with Crippen molar-refractivity contribution in [2.75, 3.05) is 39.2 Å². The number of hydrogen-bond donors (Lipinski definition) is 3. The first-order valence-corrected chi connectivity index (χ1v) is 12.4. The Hall–Kier alpha value is -4.22. The molecule has 39 heavy (non-hydrogen) atoms. The molecule has 0 saturated carbocycles. The van der Waals surface area contributed by atoms with Crippen molar-refractivity contribution in [1.82, 2.24) is 15.3 Å². The number of aliphatic hydroxyl groups excluding tert-OH is 1. The van der Waals surface area contributed by atoms with Crippen LogP contribution in [-0.4, -0.2) is 49.0 Å². The lowest BCUT2D eigenvalue weighted by Gasteiger charge is -2.18. The third kappa shape index (κ3) is 6.62. The maximum Gasteiger partial charge on any atom is 0.198 e. The highest BCUT2D eigenvalue weighted by atomic mass is 19.1. The van der Waals surface area contributed by atoms with Crippen molar-refractivity contribution in [3.63, 3.8) is 0 Å². The number of nitrogens with zero attached hydrogens (tertiary/aromatic N) is 2. The van der Waals surface area contributed by atoms with Gasteiger partial charge >= 0.3 is 0 Å². The standard InChI is InChI=1S/C28H30F2N4O5/c1-4-10-37-23-5-7-32-16-19(23)28(35)34-17-12-20(29)27(21(30)13-17)39-24-6-8-33-22-15-26(38-11-9-31-2)25(36-3)14-18(22)24/h5-8,12-16,28,31,34-35H,4,9-11H2,1-3H3. The summed E-state index contributed by atoms with van der Waals surface area (Å²) in [6.07, 6.45) is 3.87. The molecule has 2 heterocycles. The van der Waals surface area contributed by atoms with Gasteiger partial charge in [0.2, 0.25) is 0 Å². The number of aliphatic hydroxyl groups is 1. The van der Waals surface area contributed by atoms with Gasteiger partial charge in [-0.3, -0.25) is 9.97 Å². The fraction of sp³-hybridized carbons (Fsp3) is 0.286. The smallest absolute Gasteiger partial charge is 0.198 e. The molecule has 3 N–H and O–H groups in total. The van der Waals surface area contributed by atoms with Crippen molar-refractivity contribution in [2.24, 2.45) is 0 Å². The molecule has 4 rings (SSSR count). The molecule has 2 aromatic carbocycles. The summed E-state index contributed by atoms with van der Waals surface area (Å²) in [7, 11) is 3.31. The average molecular weight is 541 g/mol. The van der Waals surface area contributed by atoms with Crippen molar-refractivity contribution in [3.05, 3.63) is 72.2 Å². The van der Waals surface area contributed by atoms with Crippen LogP contribution in [0.4, 0.5) is 14.5 Å². The average Bonchev–Trinajstić information content (AvgIpc) is 2.93. The molecule has 0 spiro atoms. The van der Waals surface area contributed by atoms with Crippen molar-refractivity contribution in [2.45, 2.75) is 19.6 Å². The Morgan fingerprint density at radius 3 is 2.41 bits per heavy atom. The highest BCUT2D eigenvalue weighted by Crippen LogP contribution is 2.39. The minimum absolute atomic E-state index is 0.000222. The van der Waals surface area contributed by atoms with Gasteiger partial charge in [0.25, 0.3) is 0 Å². The molecular formula is C28H30F2N4O5. The summed E-state index contributed by atoms with van der Waals surface area (Å²) < 4.78 is 52.7. The van der Waals surface area contributed by atoms with Crippen molar-refractivity contribution < 1.29 is 32.8 Å². The van der Waals surface area contributed by atoms with Gasteiger partial charge in [-0.2, -0.15) is 0 Å². The van der Waals surface area contributed by atoms with Gasteiger partial charge in [-0.25, -0.2) is 8.78 Å². The molecule has 0 aliphatic carbocycles. The van der Waals surface area contributed by atoms with Crippen molar-refractivity contribution in [3.8, 4) is 28.7 Å². The zero-order chi connectivity index (χ0) is 27.8. The SMILES string of the molecule is CCCOc1ccncc1C(O)Nc1cc(F)c(Oc2ccnc3cc(OCCNC)c(OC)cc23)c(F)c1. The molecule has 1 unspecified atom stereocenters. The highest BCUT2D eigenvalue weighted by Gasteiger charge is 2.20. The van der Waals surface area contributed by atoms with E-state index in [0.29, 0.717) is 53.5 Å². The number of benzene rings is 2. The van der Waals surface area contributed by atoms with Gasteiger partial charge in [0, 0.05) is 54.4 Å². The summed E-state index contributed by atoms with van der Waals surface area (Å²) in [6.45, 7) is 3.44. The lowest BCUT2D eigenvalue weighted by atomic mass is 10.1. The van der Waals surface area contributed by atoms with Crippen LogP contribution in [0.15, 0.2) is 55.0 Å². The molecule has 0 fully saturated rings. The molecule has 0 saturated heterocycles. The number of nitrogens with one attached hydrogen (secondary N) is 2. The molecule has 0 radical (unpaired) electrons. The number of halogens is 2. The van der Waals surface area contributed by atoms with E-state index in [2.05, 4.69) is 20.6 Å². The van der Waals surface area contributed by atoms with E-state index in [-0.39, 0.29) is 11.4 Å². The minimum atomic E-state index is -1.32. The fourth-order valence-electron chi connectivity index (χ4n) is 3.78. The van der Waals surface area contributed by atoms with E-state index < -0.39 is 23.6 Å². The van der Waals surface area contributed by atoms with E-state index in [1.807, 2.05) is 14.0 Å². The topological polar surface area (TPSA) is 107 Å². The molecule has 206 valence electrons. The van der Waals surface area contributed by atoms with Crippen LogP contribution < -0.4 is 29.6 Å². The van der Waals surface area contributed by atoms with Crippen LogP contribution in [0.2, 0.25) is 0 Å². The van der Waals surface area contributed by atoms with Crippen LogP contribution in [0.5, 0.6) is 28.7 Å². The van der Waals surface area contributed by atoms with Gasteiger partial charge in [0.1, 0.15) is 18.1 Å². The Balaban J connectivity index is 1.58. The summed E-state index contributed by atoms with van der Waals surface area (Å²) in [5.74, 6) is -1.06. The summed E-state index contributed by atoms with van der Waals surface area (Å²) in [4.78, 5) is 8.32. The normalized spacial score (nSPS) is 11.7. The quantitative estimate of drug-likeness (QED) is 0.156. The third-order valence-electron chi connectivity index (χ3n) is 5.68. The lowest BCUT2D eigenvalue weighted by molar-refractivity contribution is 0.199. The minimum Gasteiger partial charge on any atom is -0.493 e. The van der Waals surface area contributed by atoms with Crippen molar-refractivity contribution in [1.29, 1.82) is 0 Å². The van der Waals surface area contributed by atoms with Crippen LogP contribution in [-0.2, 0) is 0 Å². The first kappa shape index (κ1) is 27.8. The van der Waals surface area contributed by atoms with Gasteiger partial charge in [0.05, 0.1) is 24.8 Å². The summed E-state index contributed by atoms with van der Waals surface area (Å²) in [5, 5.41) is 16.8. The van der Waals surface area contributed by atoms with Crippen molar-refractivity contribution >= 4 is 16.6 Å². The van der Waals surface area contributed by atoms with E-state index >= 15 is 8.78 Å². The van der Waals surface area contributed by atoms with E-state index in [4.69, 9.17) is 18.9 Å². The van der Waals surface area contributed by atoms with Gasteiger partial charge in [-0.05, 0) is 31.7 Å². The maximum atomic E-state index is 15.1. The van der Waals surface area contributed by atoms with Crippen LogP contribution in [0.25, 0.3) is 10.9 Å². The lowest BCUT2D eigenvalue weighted by Crippen LogP contribution is -2.16. The Labute approximate surface area is 224 Å². The van der Waals surface area contributed by atoms with E-state index in [0.717, 1.165) is 18.6 Å². The Bertz CT molecular complexity index is 1400. The monoisotopic (exact) mass is 540 g/mol. The number of methoxy groups -OCH3 is 1. The molecule has 0 amide bonds. The summed E-state index contributed by atoms with van der Waals surface area (Å²) in [6, 6.07) is 8.48.